The SMILES string of the molecule is CS(=O)(=NC(=O)c1cccc(Cl)c1)c1ccccc1. The molecule has 0 aromatic heterocycles. The highest BCUT2D eigenvalue weighted by molar-refractivity contribution is 7.93. The molecule has 0 saturated carbocycles. The van der Waals surface area contributed by atoms with Crippen molar-refractivity contribution in [1.29, 1.82) is 0 Å². The number of hydrogen-bond acceptors (Lipinski definition) is 2. The van der Waals surface area contributed by atoms with E-state index in [1.165, 1.54) is 12.3 Å². The van der Waals surface area contributed by atoms with Crippen LogP contribution in [0.4, 0.5) is 0 Å². The van der Waals surface area contributed by atoms with Gasteiger partial charge in [-0.3, -0.25) is 4.79 Å². The van der Waals surface area contributed by atoms with Crippen molar-refractivity contribution < 1.29 is 9.00 Å². The lowest BCUT2D eigenvalue weighted by Crippen LogP contribution is -2.03. The van der Waals surface area contributed by atoms with Crippen LogP contribution in [0.2, 0.25) is 5.02 Å². The van der Waals surface area contributed by atoms with E-state index in [1.54, 1.807) is 42.5 Å². The molecule has 2 aromatic carbocycles. The van der Waals surface area contributed by atoms with E-state index in [-0.39, 0.29) is 0 Å². The van der Waals surface area contributed by atoms with Crippen molar-refractivity contribution in [2.75, 3.05) is 6.26 Å². The number of benzene rings is 2. The molecule has 0 spiro atoms. The van der Waals surface area contributed by atoms with Gasteiger partial charge in [0.05, 0.1) is 9.73 Å². The van der Waals surface area contributed by atoms with Gasteiger partial charge < -0.3 is 0 Å². The third kappa shape index (κ3) is 3.43. The highest BCUT2D eigenvalue weighted by atomic mass is 35.5. The monoisotopic (exact) mass is 293 g/mol. The molecule has 1 atom stereocenters. The van der Waals surface area contributed by atoms with Crippen LogP contribution >= 0.6 is 11.6 Å². The molecule has 1 unspecified atom stereocenters. The molecule has 3 nitrogen and oxygen atoms in total. The van der Waals surface area contributed by atoms with E-state index in [4.69, 9.17) is 11.6 Å². The van der Waals surface area contributed by atoms with Crippen molar-refractivity contribution in [3.05, 3.63) is 65.2 Å². The Hall–Kier alpha value is -1.65. The van der Waals surface area contributed by atoms with Crippen molar-refractivity contribution in [2.45, 2.75) is 4.90 Å². The number of nitrogens with zero attached hydrogens (tertiary/aromatic N) is 1. The van der Waals surface area contributed by atoms with E-state index in [1.807, 2.05) is 6.07 Å². The Labute approximate surface area is 117 Å². The maximum atomic E-state index is 12.4. The summed E-state index contributed by atoms with van der Waals surface area (Å²) in [5.74, 6) is -0.529. The Morgan fingerprint density at radius 2 is 1.79 bits per heavy atom. The molecule has 5 heteroatoms. The predicted molar refractivity (Wildman–Crippen MR) is 77.0 cm³/mol. The number of carbonyl (C=O) groups is 1. The number of rotatable bonds is 2. The van der Waals surface area contributed by atoms with Crippen molar-refractivity contribution in [3.8, 4) is 0 Å². The maximum absolute atomic E-state index is 12.4. The van der Waals surface area contributed by atoms with Gasteiger partial charge in [0, 0.05) is 21.7 Å². The molecule has 19 heavy (non-hydrogen) atoms. The van der Waals surface area contributed by atoms with Gasteiger partial charge in [0.2, 0.25) is 0 Å². The van der Waals surface area contributed by atoms with Crippen LogP contribution < -0.4 is 0 Å². The van der Waals surface area contributed by atoms with Crippen LogP contribution in [0.1, 0.15) is 10.4 Å². The van der Waals surface area contributed by atoms with E-state index in [9.17, 15) is 9.00 Å². The third-order valence-electron chi connectivity index (χ3n) is 2.51. The number of hydrogen-bond donors (Lipinski definition) is 0. The highest BCUT2D eigenvalue weighted by Gasteiger charge is 2.11. The molecule has 0 aliphatic carbocycles. The predicted octanol–water partition coefficient (Wildman–Crippen LogP) is 3.64. The van der Waals surface area contributed by atoms with Gasteiger partial charge in [-0.15, -0.1) is 0 Å². The average Bonchev–Trinajstić information content (AvgIpc) is 2.39. The van der Waals surface area contributed by atoms with E-state index >= 15 is 0 Å². The smallest absolute Gasteiger partial charge is 0.266 e. The van der Waals surface area contributed by atoms with Crippen LogP contribution in [0.5, 0.6) is 0 Å². The van der Waals surface area contributed by atoms with Gasteiger partial charge in [-0.25, -0.2) is 4.21 Å². The van der Waals surface area contributed by atoms with Gasteiger partial charge in [0.1, 0.15) is 0 Å². The molecule has 0 radical (unpaired) electrons. The summed E-state index contributed by atoms with van der Waals surface area (Å²) in [6.45, 7) is 0. The fourth-order valence-corrected chi connectivity index (χ4v) is 2.94. The van der Waals surface area contributed by atoms with Crippen LogP contribution in [0.15, 0.2) is 63.9 Å². The topological polar surface area (TPSA) is 46.5 Å². The molecule has 2 rings (SSSR count). The maximum Gasteiger partial charge on any atom is 0.285 e. The molecule has 98 valence electrons. The Balaban J connectivity index is 2.41. The summed E-state index contributed by atoms with van der Waals surface area (Å²) in [5.41, 5.74) is 0.331. The first-order chi connectivity index (χ1) is 8.99. The number of amides is 1. The van der Waals surface area contributed by atoms with E-state index in [0.717, 1.165) is 0 Å². The molecule has 0 saturated heterocycles. The van der Waals surface area contributed by atoms with Gasteiger partial charge in [0.15, 0.2) is 0 Å². The Bertz CT molecular complexity index is 719. The minimum absolute atomic E-state index is 0.331. The summed E-state index contributed by atoms with van der Waals surface area (Å²) in [7, 11) is -2.74. The summed E-state index contributed by atoms with van der Waals surface area (Å²) in [6, 6.07) is 15.2. The molecule has 2 aromatic rings. The standard InChI is InChI=1S/C14H12ClNO2S/c1-19(18,13-8-3-2-4-9-13)16-14(17)11-6-5-7-12(15)10-11/h2-10H,1H3. The largest absolute Gasteiger partial charge is 0.285 e. The van der Waals surface area contributed by atoms with Gasteiger partial charge in [-0.2, -0.15) is 4.36 Å². The van der Waals surface area contributed by atoms with Crippen molar-refractivity contribution in [1.82, 2.24) is 0 Å². The molecule has 1 amide bonds. The summed E-state index contributed by atoms with van der Waals surface area (Å²) in [5, 5.41) is 0.448. The molecule has 0 aliphatic rings. The molecular formula is C14H12ClNO2S. The van der Waals surface area contributed by atoms with E-state index < -0.39 is 15.6 Å². The van der Waals surface area contributed by atoms with E-state index in [0.29, 0.717) is 15.5 Å². The summed E-state index contributed by atoms with van der Waals surface area (Å²) < 4.78 is 16.3. The first-order valence-electron chi connectivity index (χ1n) is 5.56. The fourth-order valence-electron chi connectivity index (χ4n) is 1.56. The lowest BCUT2D eigenvalue weighted by Gasteiger charge is -2.03. The molecule has 0 aliphatic heterocycles. The number of halogens is 1. The van der Waals surface area contributed by atoms with Gasteiger partial charge in [0.25, 0.3) is 5.91 Å². The Morgan fingerprint density at radius 1 is 1.11 bits per heavy atom. The fraction of sp³-hybridized carbons (Fsp3) is 0.0714. The minimum atomic E-state index is -2.74. The van der Waals surface area contributed by atoms with Crippen LogP contribution in [0, 0.1) is 0 Å². The zero-order valence-electron chi connectivity index (χ0n) is 10.2. The average molecular weight is 294 g/mol. The molecule has 0 N–H and O–H groups in total. The van der Waals surface area contributed by atoms with Crippen molar-refractivity contribution in [2.24, 2.45) is 4.36 Å². The van der Waals surface area contributed by atoms with Crippen LogP contribution in [-0.4, -0.2) is 16.4 Å². The zero-order valence-corrected chi connectivity index (χ0v) is 11.8. The summed E-state index contributed by atoms with van der Waals surface area (Å²) >= 11 is 5.81. The Morgan fingerprint density at radius 3 is 2.42 bits per heavy atom. The van der Waals surface area contributed by atoms with Crippen molar-refractivity contribution >= 4 is 27.2 Å². The first-order valence-corrected chi connectivity index (χ1v) is 7.86. The van der Waals surface area contributed by atoms with Crippen LogP contribution in [-0.2, 0) is 9.73 Å². The minimum Gasteiger partial charge on any atom is -0.266 e. The van der Waals surface area contributed by atoms with Crippen LogP contribution in [0.3, 0.4) is 0 Å². The second-order valence-corrected chi connectivity index (χ2v) is 6.72. The first kappa shape index (κ1) is 13.8. The lowest BCUT2D eigenvalue weighted by atomic mass is 10.2. The molecule has 0 bridgehead atoms. The van der Waals surface area contributed by atoms with Gasteiger partial charge in [-0.05, 0) is 30.3 Å². The Kier molecular flexibility index (Phi) is 4.02. The second kappa shape index (κ2) is 5.55. The molecule has 0 heterocycles. The van der Waals surface area contributed by atoms with Gasteiger partial charge >= 0.3 is 0 Å². The molecular weight excluding hydrogens is 282 g/mol. The van der Waals surface area contributed by atoms with Crippen molar-refractivity contribution in [3.63, 3.8) is 0 Å². The van der Waals surface area contributed by atoms with E-state index in [2.05, 4.69) is 4.36 Å². The van der Waals surface area contributed by atoms with Crippen LogP contribution in [0.25, 0.3) is 0 Å². The number of carbonyl (C=O) groups excluding carboxylic acids is 1. The zero-order chi connectivity index (χ0) is 13.9. The summed E-state index contributed by atoms with van der Waals surface area (Å²) in [4.78, 5) is 12.5. The summed E-state index contributed by atoms with van der Waals surface area (Å²) in [6.07, 6.45) is 1.45. The van der Waals surface area contributed by atoms with Gasteiger partial charge in [-0.1, -0.05) is 35.9 Å². The normalized spacial score (nSPS) is 13.6. The molecule has 0 fully saturated rings. The second-order valence-electron chi connectivity index (χ2n) is 4.02. The highest BCUT2D eigenvalue weighted by Crippen LogP contribution is 2.15. The third-order valence-corrected chi connectivity index (χ3v) is 4.41. The lowest BCUT2D eigenvalue weighted by molar-refractivity contribution is 0.100. The quantitative estimate of drug-likeness (QED) is 0.848.